The monoisotopic (exact) mass is 186 g/mol. The summed E-state index contributed by atoms with van der Waals surface area (Å²) in [6.45, 7) is 4.03. The smallest absolute Gasteiger partial charge is 0.0546 e. The summed E-state index contributed by atoms with van der Waals surface area (Å²) in [6, 6.07) is 0. The first-order valence-electron chi connectivity index (χ1n) is 5.06. The highest BCUT2D eigenvalue weighted by Gasteiger charge is 2.32. The van der Waals surface area contributed by atoms with E-state index >= 15 is 0 Å². The molecular weight excluding hydrogens is 164 g/mol. The quantitative estimate of drug-likeness (QED) is 0.694. The predicted octanol–water partition coefficient (Wildman–Crippen LogP) is 0.564. The van der Waals surface area contributed by atoms with E-state index in [9.17, 15) is 0 Å². The van der Waals surface area contributed by atoms with Gasteiger partial charge in [0, 0.05) is 25.1 Å². The van der Waals surface area contributed by atoms with Crippen LogP contribution < -0.4 is 5.32 Å². The summed E-state index contributed by atoms with van der Waals surface area (Å²) in [5.74, 6) is 0. The highest BCUT2D eigenvalue weighted by atomic mass is 16.5. The third kappa shape index (κ3) is 3.25. The molecule has 0 aromatic rings. The maximum atomic E-state index is 5.57. The normalized spacial score (nSPS) is 29.5. The molecule has 3 heteroatoms. The van der Waals surface area contributed by atoms with Crippen LogP contribution >= 0.6 is 0 Å². The summed E-state index contributed by atoms with van der Waals surface area (Å²) in [4.78, 5) is 2.26. The van der Waals surface area contributed by atoms with E-state index in [1.165, 1.54) is 12.8 Å². The largest absolute Gasteiger partial charge is 0.381 e. The Morgan fingerprint density at radius 3 is 2.69 bits per heavy atom. The van der Waals surface area contributed by atoms with Crippen molar-refractivity contribution in [1.29, 1.82) is 0 Å². The number of rotatable bonds is 4. The van der Waals surface area contributed by atoms with Gasteiger partial charge >= 0.3 is 0 Å². The van der Waals surface area contributed by atoms with Crippen LogP contribution in [-0.4, -0.2) is 52.3 Å². The molecule has 78 valence electrons. The van der Waals surface area contributed by atoms with Crippen LogP contribution in [0, 0.1) is 5.41 Å². The van der Waals surface area contributed by atoms with Gasteiger partial charge in [-0.05, 0) is 34.0 Å². The molecule has 0 bridgehead atoms. The molecule has 1 saturated heterocycles. The molecule has 0 spiro atoms. The fourth-order valence-electron chi connectivity index (χ4n) is 2.28. The van der Waals surface area contributed by atoms with Crippen molar-refractivity contribution in [2.24, 2.45) is 5.41 Å². The Bertz CT molecular complexity index is 136. The summed E-state index contributed by atoms with van der Waals surface area (Å²) >= 11 is 0. The molecular formula is C10H22N2O. The lowest BCUT2D eigenvalue weighted by atomic mass is 9.82. The van der Waals surface area contributed by atoms with Gasteiger partial charge in [-0.3, -0.25) is 0 Å². The van der Waals surface area contributed by atoms with Gasteiger partial charge in [-0.15, -0.1) is 0 Å². The second-order valence-corrected chi connectivity index (χ2v) is 4.42. The number of nitrogens with zero attached hydrogens (tertiary/aromatic N) is 1. The molecule has 1 unspecified atom stereocenters. The average molecular weight is 186 g/mol. The summed E-state index contributed by atoms with van der Waals surface area (Å²) < 4.78 is 5.57. The molecule has 1 atom stereocenters. The Kier molecular flexibility index (Phi) is 4.16. The SMILES string of the molecule is CNCC1(CN(C)C)CCCOC1. The first kappa shape index (κ1) is 11.0. The molecule has 0 radical (unpaired) electrons. The molecule has 1 aliphatic heterocycles. The van der Waals surface area contributed by atoms with Crippen LogP contribution in [0.15, 0.2) is 0 Å². The van der Waals surface area contributed by atoms with Gasteiger partial charge in [0.25, 0.3) is 0 Å². The van der Waals surface area contributed by atoms with E-state index in [2.05, 4.69) is 24.3 Å². The third-order valence-corrected chi connectivity index (χ3v) is 2.61. The Labute approximate surface area is 81.4 Å². The molecule has 3 nitrogen and oxygen atoms in total. The molecule has 13 heavy (non-hydrogen) atoms. The molecule has 1 N–H and O–H groups in total. The van der Waals surface area contributed by atoms with Crippen molar-refractivity contribution in [3.63, 3.8) is 0 Å². The van der Waals surface area contributed by atoms with E-state index < -0.39 is 0 Å². The zero-order valence-corrected chi connectivity index (χ0v) is 9.10. The number of ether oxygens (including phenoxy) is 1. The van der Waals surface area contributed by atoms with Crippen LogP contribution in [0.2, 0.25) is 0 Å². The third-order valence-electron chi connectivity index (χ3n) is 2.61. The molecule has 1 fully saturated rings. The Balaban J connectivity index is 2.50. The van der Waals surface area contributed by atoms with Crippen molar-refractivity contribution < 1.29 is 4.74 Å². The molecule has 0 aromatic heterocycles. The molecule has 0 aromatic carbocycles. The van der Waals surface area contributed by atoms with Crippen molar-refractivity contribution in [3.05, 3.63) is 0 Å². The second kappa shape index (κ2) is 4.94. The van der Waals surface area contributed by atoms with Crippen LogP contribution in [0.3, 0.4) is 0 Å². The lowest BCUT2D eigenvalue weighted by Crippen LogP contribution is -2.46. The van der Waals surface area contributed by atoms with Gasteiger partial charge in [0.1, 0.15) is 0 Å². The fourth-order valence-corrected chi connectivity index (χ4v) is 2.28. The topological polar surface area (TPSA) is 24.5 Å². The molecule has 1 rings (SSSR count). The van der Waals surface area contributed by atoms with E-state index in [4.69, 9.17) is 4.74 Å². The van der Waals surface area contributed by atoms with Gasteiger partial charge < -0.3 is 15.0 Å². The van der Waals surface area contributed by atoms with Crippen LogP contribution in [0.1, 0.15) is 12.8 Å². The second-order valence-electron chi connectivity index (χ2n) is 4.42. The van der Waals surface area contributed by atoms with Crippen molar-refractivity contribution >= 4 is 0 Å². The number of nitrogens with one attached hydrogen (secondary N) is 1. The highest BCUT2D eigenvalue weighted by molar-refractivity contribution is 4.85. The Morgan fingerprint density at radius 2 is 2.23 bits per heavy atom. The minimum Gasteiger partial charge on any atom is -0.381 e. The molecule has 0 aliphatic carbocycles. The van der Waals surface area contributed by atoms with Gasteiger partial charge in [-0.1, -0.05) is 0 Å². The molecule has 0 saturated carbocycles. The maximum Gasteiger partial charge on any atom is 0.0546 e. The van der Waals surface area contributed by atoms with E-state index in [1.807, 2.05) is 7.05 Å². The predicted molar refractivity (Wildman–Crippen MR) is 55.0 cm³/mol. The average Bonchev–Trinajstić information content (AvgIpc) is 2.04. The number of hydrogen-bond donors (Lipinski definition) is 1. The lowest BCUT2D eigenvalue weighted by Gasteiger charge is -2.38. The summed E-state index contributed by atoms with van der Waals surface area (Å²) in [7, 11) is 6.28. The van der Waals surface area contributed by atoms with Crippen molar-refractivity contribution in [3.8, 4) is 0 Å². The standard InChI is InChI=1S/C10H22N2O/c1-11-7-10(8-12(2)3)5-4-6-13-9-10/h11H,4-9H2,1-3H3. The Morgan fingerprint density at radius 1 is 1.46 bits per heavy atom. The van der Waals surface area contributed by atoms with E-state index in [0.29, 0.717) is 5.41 Å². The van der Waals surface area contributed by atoms with Crippen LogP contribution in [-0.2, 0) is 4.74 Å². The summed E-state index contributed by atoms with van der Waals surface area (Å²) in [6.07, 6.45) is 2.49. The minimum absolute atomic E-state index is 0.344. The van der Waals surface area contributed by atoms with Gasteiger partial charge in [0.2, 0.25) is 0 Å². The maximum absolute atomic E-state index is 5.57. The number of hydrogen-bond acceptors (Lipinski definition) is 3. The first-order valence-corrected chi connectivity index (χ1v) is 5.06. The Hall–Kier alpha value is -0.120. The van der Waals surface area contributed by atoms with Gasteiger partial charge in [0.15, 0.2) is 0 Å². The van der Waals surface area contributed by atoms with Gasteiger partial charge in [-0.2, -0.15) is 0 Å². The zero-order valence-electron chi connectivity index (χ0n) is 9.10. The van der Waals surface area contributed by atoms with Crippen molar-refractivity contribution in [2.45, 2.75) is 12.8 Å². The molecule has 1 aliphatic rings. The fraction of sp³-hybridized carbons (Fsp3) is 1.00. The van der Waals surface area contributed by atoms with Gasteiger partial charge in [0.05, 0.1) is 6.61 Å². The van der Waals surface area contributed by atoms with E-state index in [1.54, 1.807) is 0 Å². The summed E-state index contributed by atoms with van der Waals surface area (Å²) in [5, 5.41) is 3.28. The first-order chi connectivity index (χ1) is 6.18. The van der Waals surface area contributed by atoms with Crippen LogP contribution in [0.5, 0.6) is 0 Å². The summed E-state index contributed by atoms with van der Waals surface area (Å²) in [5.41, 5.74) is 0.344. The molecule has 0 amide bonds. The van der Waals surface area contributed by atoms with Crippen molar-refractivity contribution in [2.75, 3.05) is 47.4 Å². The van der Waals surface area contributed by atoms with Gasteiger partial charge in [-0.25, -0.2) is 0 Å². The zero-order chi connectivity index (χ0) is 9.73. The van der Waals surface area contributed by atoms with Crippen LogP contribution in [0.4, 0.5) is 0 Å². The molecule has 1 heterocycles. The van der Waals surface area contributed by atoms with E-state index in [-0.39, 0.29) is 0 Å². The minimum atomic E-state index is 0.344. The van der Waals surface area contributed by atoms with E-state index in [0.717, 1.165) is 26.3 Å². The lowest BCUT2D eigenvalue weighted by molar-refractivity contribution is -0.0187. The van der Waals surface area contributed by atoms with Crippen LogP contribution in [0.25, 0.3) is 0 Å². The van der Waals surface area contributed by atoms with Crippen molar-refractivity contribution in [1.82, 2.24) is 10.2 Å². The highest BCUT2D eigenvalue weighted by Crippen LogP contribution is 2.28.